The molecule has 0 unspecified atom stereocenters. The van der Waals surface area contributed by atoms with Crippen molar-refractivity contribution in [2.45, 2.75) is 18.8 Å². The molecule has 5 rings (SSSR count). The van der Waals surface area contributed by atoms with Gasteiger partial charge >= 0.3 is 0 Å². The molecule has 1 amide bonds. The quantitative estimate of drug-likeness (QED) is 0.490. The van der Waals surface area contributed by atoms with Gasteiger partial charge in [0.15, 0.2) is 0 Å². The molecule has 0 bridgehead atoms. The Kier molecular flexibility index (Phi) is 4.41. The van der Waals surface area contributed by atoms with Crippen molar-refractivity contribution < 1.29 is 4.79 Å². The van der Waals surface area contributed by atoms with Crippen molar-refractivity contribution in [3.05, 3.63) is 65.0 Å². The van der Waals surface area contributed by atoms with Gasteiger partial charge in [-0.2, -0.15) is 0 Å². The highest BCUT2D eigenvalue weighted by Gasteiger charge is 2.21. The van der Waals surface area contributed by atoms with E-state index >= 15 is 0 Å². The second-order valence-corrected chi connectivity index (χ2v) is 8.62. The highest BCUT2D eigenvalue weighted by molar-refractivity contribution is 7.17. The Morgan fingerprint density at radius 3 is 2.79 bits per heavy atom. The van der Waals surface area contributed by atoms with Crippen LogP contribution in [0.1, 0.15) is 34.7 Å². The minimum atomic E-state index is -0.0750. The highest BCUT2D eigenvalue weighted by Crippen LogP contribution is 2.37. The average Bonchev–Trinajstić information content (AvgIpc) is 3.31. The van der Waals surface area contributed by atoms with Crippen LogP contribution in [0.15, 0.2) is 53.9 Å². The standard InChI is InChI=1S/C23H23N3OS/c1-26-10-8-15(9-11-26)19-14-28-21-7-6-17(12-18(19)21)23(27)25-22-13-16-4-2-3-5-20(16)24-22/h2-7,12-15,24H,8-11H2,1H3,(H,25,27). The van der Waals surface area contributed by atoms with Gasteiger partial charge in [0.25, 0.3) is 5.91 Å². The molecule has 0 saturated carbocycles. The third-order valence-corrected chi connectivity index (χ3v) is 6.78. The minimum Gasteiger partial charge on any atom is -0.341 e. The number of piperidine rings is 1. The summed E-state index contributed by atoms with van der Waals surface area (Å²) in [5.41, 5.74) is 3.14. The van der Waals surface area contributed by atoms with Crippen LogP contribution in [0.5, 0.6) is 0 Å². The summed E-state index contributed by atoms with van der Waals surface area (Å²) in [5.74, 6) is 1.25. The van der Waals surface area contributed by atoms with Crippen LogP contribution in [0.25, 0.3) is 21.0 Å². The Bertz CT molecular complexity index is 1120. The lowest BCUT2D eigenvalue weighted by Gasteiger charge is -2.28. The van der Waals surface area contributed by atoms with Crippen LogP contribution in [0.3, 0.4) is 0 Å². The van der Waals surface area contributed by atoms with Crippen molar-refractivity contribution in [1.29, 1.82) is 0 Å². The fourth-order valence-corrected chi connectivity index (χ4v) is 5.18. The fourth-order valence-electron chi connectivity index (χ4n) is 4.16. The minimum absolute atomic E-state index is 0.0750. The first-order chi connectivity index (χ1) is 13.7. The summed E-state index contributed by atoms with van der Waals surface area (Å²) in [7, 11) is 2.19. The molecule has 28 heavy (non-hydrogen) atoms. The summed E-state index contributed by atoms with van der Waals surface area (Å²) in [4.78, 5) is 18.5. The Hall–Kier alpha value is -2.63. The van der Waals surface area contributed by atoms with E-state index in [9.17, 15) is 4.79 Å². The van der Waals surface area contributed by atoms with Crippen LogP contribution in [0, 0.1) is 0 Å². The zero-order chi connectivity index (χ0) is 19.1. The predicted octanol–water partition coefficient (Wildman–Crippen LogP) is 5.44. The van der Waals surface area contributed by atoms with Crippen LogP contribution >= 0.6 is 11.3 Å². The van der Waals surface area contributed by atoms with E-state index in [1.165, 1.54) is 28.5 Å². The third-order valence-electron chi connectivity index (χ3n) is 5.80. The van der Waals surface area contributed by atoms with Gasteiger partial charge < -0.3 is 15.2 Å². The summed E-state index contributed by atoms with van der Waals surface area (Å²) in [6.07, 6.45) is 2.38. The zero-order valence-electron chi connectivity index (χ0n) is 15.9. The number of benzene rings is 2. The maximum Gasteiger partial charge on any atom is 0.256 e. The van der Waals surface area contributed by atoms with Crippen molar-refractivity contribution in [2.75, 3.05) is 25.5 Å². The first-order valence-corrected chi connectivity index (χ1v) is 10.6. The van der Waals surface area contributed by atoms with Gasteiger partial charge in [0, 0.05) is 21.2 Å². The van der Waals surface area contributed by atoms with Crippen LogP contribution in [0.4, 0.5) is 5.82 Å². The summed E-state index contributed by atoms with van der Waals surface area (Å²) < 4.78 is 1.26. The number of nitrogens with zero attached hydrogens (tertiary/aromatic N) is 1. The largest absolute Gasteiger partial charge is 0.341 e. The monoisotopic (exact) mass is 389 g/mol. The molecular formula is C23H23N3OS. The van der Waals surface area contributed by atoms with Crippen molar-refractivity contribution in [2.24, 2.45) is 0 Å². The Morgan fingerprint density at radius 1 is 1.14 bits per heavy atom. The molecule has 2 aromatic carbocycles. The van der Waals surface area contributed by atoms with Crippen LogP contribution in [-0.4, -0.2) is 35.9 Å². The normalized spacial score (nSPS) is 16.0. The smallest absolute Gasteiger partial charge is 0.256 e. The van der Waals surface area contributed by atoms with Gasteiger partial charge in [-0.25, -0.2) is 0 Å². The van der Waals surface area contributed by atoms with E-state index in [0.717, 1.165) is 29.8 Å². The number of para-hydroxylation sites is 1. The molecule has 0 atom stereocenters. The molecule has 3 heterocycles. The van der Waals surface area contributed by atoms with Gasteiger partial charge in [0.05, 0.1) is 0 Å². The fraction of sp³-hybridized carbons (Fsp3) is 0.261. The van der Waals surface area contributed by atoms with E-state index in [-0.39, 0.29) is 5.91 Å². The van der Waals surface area contributed by atoms with Gasteiger partial charge in [-0.05, 0) is 85.6 Å². The van der Waals surface area contributed by atoms with Crippen molar-refractivity contribution >= 4 is 44.1 Å². The van der Waals surface area contributed by atoms with Gasteiger partial charge in [-0.3, -0.25) is 4.79 Å². The van der Waals surface area contributed by atoms with Crippen LogP contribution < -0.4 is 5.32 Å². The number of nitrogens with one attached hydrogen (secondary N) is 2. The van der Waals surface area contributed by atoms with Crippen LogP contribution in [0.2, 0.25) is 0 Å². The number of rotatable bonds is 3. The number of fused-ring (bicyclic) bond motifs is 2. The van der Waals surface area contributed by atoms with E-state index in [0.29, 0.717) is 11.5 Å². The second-order valence-electron chi connectivity index (χ2n) is 7.70. The van der Waals surface area contributed by atoms with Crippen molar-refractivity contribution in [1.82, 2.24) is 9.88 Å². The van der Waals surface area contributed by atoms with E-state index < -0.39 is 0 Å². The number of thiophene rings is 1. The van der Waals surface area contributed by atoms with E-state index in [2.05, 4.69) is 39.8 Å². The molecule has 5 heteroatoms. The Morgan fingerprint density at radius 2 is 1.96 bits per heavy atom. The summed E-state index contributed by atoms with van der Waals surface area (Å²) >= 11 is 1.78. The summed E-state index contributed by atoms with van der Waals surface area (Å²) in [6, 6.07) is 16.1. The average molecular weight is 390 g/mol. The second kappa shape index (κ2) is 7.08. The maximum atomic E-state index is 12.9. The number of amides is 1. The van der Waals surface area contributed by atoms with Crippen molar-refractivity contribution in [3.63, 3.8) is 0 Å². The molecule has 0 radical (unpaired) electrons. The number of anilines is 1. The van der Waals surface area contributed by atoms with E-state index in [4.69, 9.17) is 0 Å². The number of carbonyl (C=O) groups excluding carboxylic acids is 1. The number of aromatic amines is 1. The van der Waals surface area contributed by atoms with E-state index in [1.807, 2.05) is 36.4 Å². The molecule has 142 valence electrons. The number of hydrogen-bond donors (Lipinski definition) is 2. The number of H-pyrrole nitrogens is 1. The maximum absolute atomic E-state index is 12.9. The lowest BCUT2D eigenvalue weighted by Crippen LogP contribution is -2.29. The molecular weight excluding hydrogens is 366 g/mol. The number of aromatic nitrogens is 1. The molecule has 4 nitrogen and oxygen atoms in total. The van der Waals surface area contributed by atoms with Gasteiger partial charge in [0.1, 0.15) is 5.82 Å². The third kappa shape index (κ3) is 3.21. The van der Waals surface area contributed by atoms with Gasteiger partial charge in [0.2, 0.25) is 0 Å². The lowest BCUT2D eigenvalue weighted by molar-refractivity contribution is 0.102. The van der Waals surface area contributed by atoms with Crippen molar-refractivity contribution in [3.8, 4) is 0 Å². The van der Waals surface area contributed by atoms with Crippen LogP contribution in [-0.2, 0) is 0 Å². The predicted molar refractivity (Wildman–Crippen MR) is 118 cm³/mol. The molecule has 1 fully saturated rings. The molecule has 2 N–H and O–H groups in total. The molecule has 0 aliphatic carbocycles. The summed E-state index contributed by atoms with van der Waals surface area (Å²) in [5, 5.41) is 7.64. The Balaban J connectivity index is 1.42. The first kappa shape index (κ1) is 17.5. The molecule has 1 aliphatic rings. The zero-order valence-corrected chi connectivity index (χ0v) is 16.7. The molecule has 1 saturated heterocycles. The molecule has 2 aromatic heterocycles. The van der Waals surface area contributed by atoms with Gasteiger partial charge in [-0.15, -0.1) is 11.3 Å². The number of carbonyl (C=O) groups is 1. The number of hydrogen-bond acceptors (Lipinski definition) is 3. The van der Waals surface area contributed by atoms with Gasteiger partial charge in [-0.1, -0.05) is 18.2 Å². The number of likely N-dealkylation sites (tertiary alicyclic amines) is 1. The highest BCUT2D eigenvalue weighted by atomic mass is 32.1. The molecule has 4 aromatic rings. The molecule has 0 spiro atoms. The SMILES string of the molecule is CN1CCC(c2csc3ccc(C(=O)Nc4cc5ccccc5[nH]4)cc23)CC1. The Labute approximate surface area is 168 Å². The lowest BCUT2D eigenvalue weighted by atomic mass is 9.89. The summed E-state index contributed by atoms with van der Waals surface area (Å²) in [6.45, 7) is 2.28. The topological polar surface area (TPSA) is 48.1 Å². The van der Waals surface area contributed by atoms with E-state index in [1.54, 1.807) is 11.3 Å². The first-order valence-electron chi connectivity index (χ1n) is 9.76. The molecule has 1 aliphatic heterocycles.